The Hall–Kier alpha value is -0.410. The van der Waals surface area contributed by atoms with E-state index in [1.54, 1.807) is 0 Å². The minimum atomic E-state index is 0.165. The summed E-state index contributed by atoms with van der Waals surface area (Å²) in [6.07, 6.45) is 3.92. The van der Waals surface area contributed by atoms with Gasteiger partial charge in [-0.15, -0.1) is 0 Å². The molecule has 3 heteroatoms. The van der Waals surface area contributed by atoms with Crippen molar-refractivity contribution in [3.8, 4) is 0 Å². The lowest BCUT2D eigenvalue weighted by molar-refractivity contribution is 0.697. The molecule has 0 amide bonds. The summed E-state index contributed by atoms with van der Waals surface area (Å²) in [5.74, 6) is 0. The monoisotopic (exact) mass is 212 g/mol. The molecule has 1 atom stereocenters. The van der Waals surface area contributed by atoms with Gasteiger partial charge in [0.2, 0.25) is 0 Å². The van der Waals surface area contributed by atoms with Crippen LogP contribution in [0, 0.1) is 0 Å². The number of halogens is 1. The molecule has 0 bridgehead atoms. The van der Waals surface area contributed by atoms with Crippen molar-refractivity contribution >= 4 is 15.9 Å². The van der Waals surface area contributed by atoms with E-state index in [1.807, 2.05) is 6.20 Å². The van der Waals surface area contributed by atoms with Gasteiger partial charge in [0.05, 0.1) is 5.69 Å². The normalized spacial score (nSPS) is 21.8. The van der Waals surface area contributed by atoms with Gasteiger partial charge in [-0.1, -0.05) is 0 Å². The molecular weight excluding hydrogens is 204 g/mol. The molecule has 2 nitrogen and oxygen atoms in total. The lowest BCUT2D eigenvalue weighted by Gasteiger charge is -2.01. The van der Waals surface area contributed by atoms with E-state index in [2.05, 4.69) is 27.0 Å². The van der Waals surface area contributed by atoms with E-state index in [1.165, 1.54) is 5.56 Å². The van der Waals surface area contributed by atoms with Gasteiger partial charge in [0.15, 0.2) is 0 Å². The van der Waals surface area contributed by atoms with E-state index in [-0.39, 0.29) is 6.04 Å². The second-order valence-corrected chi connectivity index (χ2v) is 3.76. The predicted octanol–water partition coefficient (Wildman–Crippen LogP) is 1.79. The Labute approximate surface area is 73.9 Å². The summed E-state index contributed by atoms with van der Waals surface area (Å²) in [6.45, 7) is 0. The molecule has 1 aromatic heterocycles. The average molecular weight is 213 g/mol. The molecule has 0 aromatic carbocycles. The number of aromatic nitrogens is 1. The van der Waals surface area contributed by atoms with Gasteiger partial charge in [0, 0.05) is 16.7 Å². The van der Waals surface area contributed by atoms with Crippen LogP contribution in [0.3, 0.4) is 0 Å². The Kier molecular flexibility index (Phi) is 1.69. The molecule has 1 aliphatic carbocycles. The molecule has 2 rings (SSSR count). The minimum Gasteiger partial charge on any atom is -0.323 e. The van der Waals surface area contributed by atoms with E-state index in [0.717, 1.165) is 23.0 Å². The second-order valence-electron chi connectivity index (χ2n) is 2.84. The van der Waals surface area contributed by atoms with Crippen molar-refractivity contribution in [3.05, 3.63) is 28.0 Å². The molecule has 0 aliphatic heterocycles. The van der Waals surface area contributed by atoms with Crippen molar-refractivity contribution < 1.29 is 0 Å². The largest absolute Gasteiger partial charge is 0.323 e. The summed E-state index contributed by atoms with van der Waals surface area (Å²) in [6, 6.07) is 2.27. The summed E-state index contributed by atoms with van der Waals surface area (Å²) in [4.78, 5) is 4.27. The first-order valence-electron chi connectivity index (χ1n) is 3.67. The lowest BCUT2D eigenvalue weighted by Crippen LogP contribution is -2.06. The summed E-state index contributed by atoms with van der Waals surface area (Å²) < 4.78 is 1.05. The van der Waals surface area contributed by atoms with E-state index in [9.17, 15) is 0 Å². The van der Waals surface area contributed by atoms with Crippen LogP contribution in [0.25, 0.3) is 0 Å². The predicted molar refractivity (Wildman–Crippen MR) is 47.2 cm³/mol. The highest BCUT2D eigenvalue weighted by atomic mass is 79.9. The third kappa shape index (κ3) is 1.19. The third-order valence-electron chi connectivity index (χ3n) is 2.04. The maximum Gasteiger partial charge on any atom is 0.0603 e. The van der Waals surface area contributed by atoms with Crippen molar-refractivity contribution in [1.82, 2.24) is 4.98 Å². The van der Waals surface area contributed by atoms with Crippen LogP contribution in [0.15, 0.2) is 16.7 Å². The molecule has 0 saturated heterocycles. The van der Waals surface area contributed by atoms with Crippen molar-refractivity contribution in [2.24, 2.45) is 5.73 Å². The highest BCUT2D eigenvalue weighted by Gasteiger charge is 2.19. The summed E-state index contributed by atoms with van der Waals surface area (Å²) >= 11 is 3.38. The van der Waals surface area contributed by atoms with Gasteiger partial charge in [-0.2, -0.15) is 0 Å². The van der Waals surface area contributed by atoms with Crippen LogP contribution >= 0.6 is 15.9 Å². The summed E-state index contributed by atoms with van der Waals surface area (Å²) in [5, 5.41) is 0. The fourth-order valence-electron chi connectivity index (χ4n) is 1.47. The van der Waals surface area contributed by atoms with Crippen LogP contribution in [-0.2, 0) is 6.42 Å². The zero-order valence-electron chi connectivity index (χ0n) is 6.05. The Morgan fingerprint density at radius 1 is 1.64 bits per heavy atom. The molecule has 0 saturated carbocycles. The molecule has 1 aliphatic rings. The molecule has 1 heterocycles. The van der Waals surface area contributed by atoms with Crippen molar-refractivity contribution in [2.75, 3.05) is 0 Å². The number of pyridine rings is 1. The maximum absolute atomic E-state index is 5.82. The Morgan fingerprint density at radius 3 is 3.27 bits per heavy atom. The van der Waals surface area contributed by atoms with Gasteiger partial charge in [0.25, 0.3) is 0 Å². The molecule has 0 fully saturated rings. The molecule has 1 aromatic rings. The van der Waals surface area contributed by atoms with Crippen LogP contribution in [-0.4, -0.2) is 4.98 Å². The molecular formula is C8H9BrN2. The van der Waals surface area contributed by atoms with Gasteiger partial charge in [-0.05, 0) is 40.4 Å². The van der Waals surface area contributed by atoms with Gasteiger partial charge < -0.3 is 5.73 Å². The maximum atomic E-state index is 5.82. The van der Waals surface area contributed by atoms with Gasteiger partial charge in [0.1, 0.15) is 0 Å². The average Bonchev–Trinajstić information content (AvgIpc) is 2.32. The Bertz CT molecular complexity index is 285. The van der Waals surface area contributed by atoms with E-state index in [4.69, 9.17) is 5.73 Å². The van der Waals surface area contributed by atoms with E-state index >= 15 is 0 Å². The SMILES string of the molecule is NC1CCc2cc(Br)cnc21. The molecule has 58 valence electrons. The number of hydrogen-bond acceptors (Lipinski definition) is 2. The second kappa shape index (κ2) is 2.57. The fourth-order valence-corrected chi connectivity index (χ4v) is 1.85. The summed E-state index contributed by atoms with van der Waals surface area (Å²) in [5.41, 5.74) is 8.19. The highest BCUT2D eigenvalue weighted by molar-refractivity contribution is 9.10. The minimum absolute atomic E-state index is 0.165. The quantitative estimate of drug-likeness (QED) is 0.713. The standard InChI is InChI=1S/C8H9BrN2/c9-6-3-5-1-2-7(10)8(5)11-4-6/h3-4,7H,1-2,10H2. The third-order valence-corrected chi connectivity index (χ3v) is 2.48. The molecule has 0 spiro atoms. The van der Waals surface area contributed by atoms with Crippen LogP contribution in [0.5, 0.6) is 0 Å². The summed E-state index contributed by atoms with van der Waals surface area (Å²) in [7, 11) is 0. The molecule has 1 unspecified atom stereocenters. The molecule has 11 heavy (non-hydrogen) atoms. The van der Waals surface area contributed by atoms with Crippen LogP contribution < -0.4 is 5.73 Å². The molecule has 0 radical (unpaired) electrons. The smallest absolute Gasteiger partial charge is 0.0603 e. The van der Waals surface area contributed by atoms with Crippen molar-refractivity contribution in [3.63, 3.8) is 0 Å². The van der Waals surface area contributed by atoms with Gasteiger partial charge in [-0.25, -0.2) is 0 Å². The number of hydrogen-bond donors (Lipinski definition) is 1. The van der Waals surface area contributed by atoms with Crippen molar-refractivity contribution in [2.45, 2.75) is 18.9 Å². The van der Waals surface area contributed by atoms with E-state index < -0.39 is 0 Å². The van der Waals surface area contributed by atoms with E-state index in [0.29, 0.717) is 0 Å². The highest BCUT2D eigenvalue weighted by Crippen LogP contribution is 2.28. The number of rotatable bonds is 0. The number of fused-ring (bicyclic) bond motifs is 1. The Morgan fingerprint density at radius 2 is 2.45 bits per heavy atom. The Balaban J connectivity index is 2.50. The van der Waals surface area contributed by atoms with Gasteiger partial charge in [-0.3, -0.25) is 4.98 Å². The number of aryl methyl sites for hydroxylation is 1. The first-order chi connectivity index (χ1) is 5.27. The zero-order chi connectivity index (χ0) is 7.84. The van der Waals surface area contributed by atoms with Crippen LogP contribution in [0.4, 0.5) is 0 Å². The van der Waals surface area contributed by atoms with Gasteiger partial charge >= 0.3 is 0 Å². The first-order valence-corrected chi connectivity index (χ1v) is 4.46. The fraction of sp³-hybridized carbons (Fsp3) is 0.375. The number of nitrogens with two attached hydrogens (primary N) is 1. The van der Waals surface area contributed by atoms with Crippen LogP contribution in [0.2, 0.25) is 0 Å². The topological polar surface area (TPSA) is 38.9 Å². The first kappa shape index (κ1) is 7.25. The van der Waals surface area contributed by atoms with Crippen LogP contribution in [0.1, 0.15) is 23.7 Å². The molecule has 2 N–H and O–H groups in total. The lowest BCUT2D eigenvalue weighted by atomic mass is 10.2. The number of nitrogens with zero attached hydrogens (tertiary/aromatic N) is 1. The van der Waals surface area contributed by atoms with Crippen molar-refractivity contribution in [1.29, 1.82) is 0 Å². The zero-order valence-corrected chi connectivity index (χ0v) is 7.63.